The van der Waals surface area contributed by atoms with Crippen molar-refractivity contribution in [1.82, 2.24) is 10.2 Å². The van der Waals surface area contributed by atoms with Crippen LogP contribution in [0.1, 0.15) is 16.8 Å². The molecule has 1 fully saturated rings. The molecule has 0 bridgehead atoms. The van der Waals surface area contributed by atoms with E-state index in [2.05, 4.69) is 15.5 Å². The summed E-state index contributed by atoms with van der Waals surface area (Å²) in [6.07, 6.45) is 0.902. The highest BCUT2D eigenvalue weighted by molar-refractivity contribution is 6.06. The predicted octanol–water partition coefficient (Wildman–Crippen LogP) is 3.44. The normalized spacial score (nSPS) is 15.4. The number of carbonyl (C=O) groups excluding carboxylic acids is 2. The van der Waals surface area contributed by atoms with Crippen molar-refractivity contribution in [2.45, 2.75) is 12.5 Å². The molecule has 7 heteroatoms. The number of nitrogens with zero attached hydrogens (tertiary/aromatic N) is 2. The first-order valence-electron chi connectivity index (χ1n) is 11.4. The van der Waals surface area contributed by atoms with Crippen LogP contribution in [0.25, 0.3) is 11.1 Å². The van der Waals surface area contributed by atoms with Gasteiger partial charge in [0, 0.05) is 41.6 Å². The van der Waals surface area contributed by atoms with Crippen molar-refractivity contribution >= 4 is 28.9 Å². The van der Waals surface area contributed by atoms with Crippen LogP contribution in [-0.4, -0.2) is 56.5 Å². The average molecular weight is 458 g/mol. The van der Waals surface area contributed by atoms with Crippen molar-refractivity contribution in [2.75, 3.05) is 49.7 Å². The van der Waals surface area contributed by atoms with Gasteiger partial charge in [-0.05, 0) is 62.5 Å². The third-order valence-corrected chi connectivity index (χ3v) is 5.88. The van der Waals surface area contributed by atoms with Gasteiger partial charge in [0.15, 0.2) is 0 Å². The molecule has 0 aromatic heterocycles. The lowest BCUT2D eigenvalue weighted by Crippen LogP contribution is -2.41. The maximum absolute atomic E-state index is 13.0. The Labute approximate surface area is 200 Å². The van der Waals surface area contributed by atoms with Gasteiger partial charge in [-0.15, -0.1) is 0 Å². The van der Waals surface area contributed by atoms with E-state index in [1.54, 1.807) is 6.07 Å². The summed E-state index contributed by atoms with van der Waals surface area (Å²) in [5.74, 6) is -0.148. The number of likely N-dealkylation sites (N-methyl/N-ethyl adjacent to an activating group) is 1. The van der Waals surface area contributed by atoms with Crippen molar-refractivity contribution in [3.05, 3.63) is 78.4 Å². The van der Waals surface area contributed by atoms with Crippen LogP contribution in [-0.2, 0) is 4.79 Å². The van der Waals surface area contributed by atoms with Crippen LogP contribution in [0.4, 0.5) is 17.1 Å². The van der Waals surface area contributed by atoms with E-state index >= 15 is 0 Å². The molecule has 1 aliphatic rings. The van der Waals surface area contributed by atoms with Crippen molar-refractivity contribution < 1.29 is 9.59 Å². The van der Waals surface area contributed by atoms with Gasteiger partial charge in [-0.2, -0.15) is 0 Å². The van der Waals surface area contributed by atoms with Gasteiger partial charge >= 0.3 is 0 Å². The second kappa shape index (κ2) is 10.4. The smallest absolute Gasteiger partial charge is 0.255 e. The summed E-state index contributed by atoms with van der Waals surface area (Å²) in [5.41, 5.74) is 10.8. The Balaban J connectivity index is 1.41. The largest absolute Gasteiger partial charge is 0.399 e. The van der Waals surface area contributed by atoms with E-state index in [0.717, 1.165) is 36.3 Å². The number of rotatable bonds is 7. The molecule has 34 heavy (non-hydrogen) atoms. The fraction of sp³-hybridized carbons (Fsp3) is 0.259. The first-order chi connectivity index (χ1) is 16.4. The second-order valence-corrected chi connectivity index (χ2v) is 8.91. The SMILES string of the molecule is CN(C)CC(=O)NC1CCN(c2ccc(C(=O)Nc3cc(N)ccc3-c3ccccc3)cc2)C1. The molecule has 3 aromatic rings. The molecular formula is C27H31N5O2. The molecule has 3 aromatic carbocycles. The van der Waals surface area contributed by atoms with Gasteiger partial charge in [-0.1, -0.05) is 36.4 Å². The minimum absolute atomic E-state index is 0.0419. The van der Waals surface area contributed by atoms with Crippen molar-refractivity contribution in [2.24, 2.45) is 0 Å². The molecule has 0 radical (unpaired) electrons. The number of nitrogens with one attached hydrogen (secondary N) is 2. The summed E-state index contributed by atoms with van der Waals surface area (Å²) in [6, 6.07) is 23.1. The average Bonchev–Trinajstić information content (AvgIpc) is 3.27. The lowest BCUT2D eigenvalue weighted by atomic mass is 10.0. The molecule has 1 atom stereocenters. The van der Waals surface area contributed by atoms with Crippen molar-refractivity contribution in [3.8, 4) is 11.1 Å². The summed E-state index contributed by atoms with van der Waals surface area (Å²) >= 11 is 0. The monoisotopic (exact) mass is 457 g/mol. The van der Waals surface area contributed by atoms with Crippen LogP contribution in [0, 0.1) is 0 Å². The van der Waals surface area contributed by atoms with Crippen LogP contribution in [0.15, 0.2) is 72.8 Å². The van der Waals surface area contributed by atoms with Gasteiger partial charge in [0.05, 0.1) is 12.2 Å². The van der Waals surface area contributed by atoms with Gasteiger partial charge in [0.25, 0.3) is 5.91 Å². The number of hydrogen-bond donors (Lipinski definition) is 3. The third-order valence-electron chi connectivity index (χ3n) is 5.88. The van der Waals surface area contributed by atoms with E-state index in [4.69, 9.17) is 5.73 Å². The zero-order valence-electron chi connectivity index (χ0n) is 19.6. The van der Waals surface area contributed by atoms with Crippen molar-refractivity contribution in [3.63, 3.8) is 0 Å². The summed E-state index contributed by atoms with van der Waals surface area (Å²) < 4.78 is 0. The van der Waals surface area contributed by atoms with Crippen molar-refractivity contribution in [1.29, 1.82) is 0 Å². The number of anilines is 3. The van der Waals surface area contributed by atoms with Gasteiger partial charge < -0.3 is 26.2 Å². The molecule has 176 valence electrons. The predicted molar refractivity (Wildman–Crippen MR) is 138 cm³/mol. The number of nitrogens with two attached hydrogens (primary N) is 1. The fourth-order valence-electron chi connectivity index (χ4n) is 4.23. The molecule has 1 aliphatic heterocycles. The Morgan fingerprint density at radius 3 is 2.47 bits per heavy atom. The molecule has 2 amide bonds. The number of nitrogen functional groups attached to an aromatic ring is 1. The summed E-state index contributed by atoms with van der Waals surface area (Å²) in [5, 5.41) is 6.11. The lowest BCUT2D eigenvalue weighted by Gasteiger charge is -2.20. The van der Waals surface area contributed by atoms with Crippen LogP contribution < -0.4 is 21.3 Å². The van der Waals surface area contributed by atoms with Crippen LogP contribution in [0.5, 0.6) is 0 Å². The fourth-order valence-corrected chi connectivity index (χ4v) is 4.23. The zero-order chi connectivity index (χ0) is 24.1. The molecule has 0 saturated carbocycles. The van der Waals surface area contributed by atoms with E-state index in [-0.39, 0.29) is 17.9 Å². The third kappa shape index (κ3) is 5.74. The first-order valence-corrected chi connectivity index (χ1v) is 11.4. The number of benzene rings is 3. The van der Waals surface area contributed by atoms with Gasteiger partial charge in [0.2, 0.25) is 5.91 Å². The molecule has 7 nitrogen and oxygen atoms in total. The molecule has 4 rings (SSSR count). The van der Waals surface area contributed by atoms with E-state index in [1.807, 2.05) is 85.7 Å². The van der Waals surface area contributed by atoms with Crippen LogP contribution in [0.2, 0.25) is 0 Å². The Kier molecular flexibility index (Phi) is 7.13. The Morgan fingerprint density at radius 1 is 1.03 bits per heavy atom. The van der Waals surface area contributed by atoms with Gasteiger partial charge in [-0.3, -0.25) is 9.59 Å². The molecule has 4 N–H and O–H groups in total. The molecule has 0 spiro atoms. The summed E-state index contributed by atoms with van der Waals surface area (Å²) in [7, 11) is 3.76. The van der Waals surface area contributed by atoms with Gasteiger partial charge in [0.1, 0.15) is 0 Å². The standard InChI is InChI=1S/C27H31N5O2/c1-31(2)18-26(33)29-22-14-15-32(17-22)23-11-8-20(9-12-23)27(34)30-25-16-21(28)10-13-24(25)19-6-4-3-5-7-19/h3-13,16,22H,14-15,17-18,28H2,1-2H3,(H,29,33)(H,30,34). The van der Waals surface area contributed by atoms with E-state index in [0.29, 0.717) is 23.5 Å². The lowest BCUT2D eigenvalue weighted by molar-refractivity contribution is -0.122. The number of amides is 2. The first kappa shape index (κ1) is 23.3. The molecule has 0 aliphatic carbocycles. The Bertz CT molecular complexity index is 1150. The molecule has 1 heterocycles. The Morgan fingerprint density at radius 2 is 1.76 bits per heavy atom. The zero-order valence-corrected chi connectivity index (χ0v) is 19.6. The maximum Gasteiger partial charge on any atom is 0.255 e. The molecular weight excluding hydrogens is 426 g/mol. The minimum Gasteiger partial charge on any atom is -0.399 e. The topological polar surface area (TPSA) is 90.7 Å². The van der Waals surface area contributed by atoms with E-state index < -0.39 is 0 Å². The van der Waals surface area contributed by atoms with Gasteiger partial charge in [-0.25, -0.2) is 0 Å². The Hall–Kier alpha value is -3.84. The second-order valence-electron chi connectivity index (χ2n) is 8.91. The van der Waals surface area contributed by atoms with E-state index in [9.17, 15) is 9.59 Å². The highest BCUT2D eigenvalue weighted by Crippen LogP contribution is 2.30. The van der Waals surface area contributed by atoms with Crippen LogP contribution >= 0.6 is 0 Å². The van der Waals surface area contributed by atoms with Crippen LogP contribution in [0.3, 0.4) is 0 Å². The maximum atomic E-state index is 13.0. The quantitative estimate of drug-likeness (QED) is 0.473. The molecule has 1 saturated heterocycles. The summed E-state index contributed by atoms with van der Waals surface area (Å²) in [4.78, 5) is 29.1. The number of carbonyl (C=O) groups is 2. The van der Waals surface area contributed by atoms with E-state index in [1.165, 1.54) is 0 Å². The molecule has 1 unspecified atom stereocenters. The summed E-state index contributed by atoms with van der Waals surface area (Å²) in [6.45, 7) is 2.01. The number of hydrogen-bond acceptors (Lipinski definition) is 5. The highest BCUT2D eigenvalue weighted by atomic mass is 16.2. The minimum atomic E-state index is -0.190. The highest BCUT2D eigenvalue weighted by Gasteiger charge is 2.24.